The van der Waals surface area contributed by atoms with Gasteiger partial charge in [0.1, 0.15) is 5.65 Å². The van der Waals surface area contributed by atoms with Crippen molar-refractivity contribution in [3.8, 4) is 11.3 Å². The van der Waals surface area contributed by atoms with E-state index >= 15 is 0 Å². The Bertz CT molecular complexity index is 1080. The number of pyridine rings is 1. The number of nitrogens with one attached hydrogen (secondary N) is 1. The van der Waals surface area contributed by atoms with Gasteiger partial charge in [0, 0.05) is 47.9 Å². The van der Waals surface area contributed by atoms with Gasteiger partial charge in [0.05, 0.1) is 11.9 Å². The number of nitrogens with zero attached hydrogens (tertiary/aromatic N) is 3. The number of carbonyl (C=O) groups excluding carboxylic acids is 1. The molecule has 1 N–H and O–H groups in total. The Hall–Kier alpha value is -2.51. The summed E-state index contributed by atoms with van der Waals surface area (Å²) in [6.07, 6.45) is 3.85. The van der Waals surface area contributed by atoms with Crippen LogP contribution in [0.2, 0.25) is 0 Å². The van der Waals surface area contributed by atoms with Gasteiger partial charge in [-0.05, 0) is 42.2 Å². The highest BCUT2D eigenvalue weighted by atomic mass is 32.2. The Morgan fingerprint density at radius 3 is 2.72 bits per heavy atom. The highest BCUT2D eigenvalue weighted by molar-refractivity contribution is 7.85. The van der Waals surface area contributed by atoms with E-state index in [2.05, 4.69) is 45.5 Å². The van der Waals surface area contributed by atoms with Crippen LogP contribution >= 0.6 is 0 Å². The second kappa shape index (κ2) is 7.72. The number of carbonyl (C=O) groups is 1. The smallest absolute Gasteiger partial charge is 0.228 e. The molecule has 5 rings (SSSR count). The number of hydrogen-bond acceptors (Lipinski definition) is 4. The fraction of sp³-hybridized carbons (Fsp3) is 0.364. The molecule has 7 heteroatoms. The van der Waals surface area contributed by atoms with Crippen molar-refractivity contribution in [2.24, 2.45) is 5.92 Å². The molecule has 0 atom stereocenters. The first-order valence-electron chi connectivity index (χ1n) is 10.1. The Kier molecular flexibility index (Phi) is 4.93. The number of fused-ring (bicyclic) bond motifs is 1. The Morgan fingerprint density at radius 2 is 1.93 bits per heavy atom. The fourth-order valence-corrected chi connectivity index (χ4v) is 4.93. The lowest BCUT2D eigenvalue weighted by molar-refractivity contribution is -0.117. The molecule has 150 valence electrons. The molecule has 3 aromatic rings. The van der Waals surface area contributed by atoms with Gasteiger partial charge in [-0.3, -0.25) is 18.3 Å². The molecule has 29 heavy (non-hydrogen) atoms. The van der Waals surface area contributed by atoms with E-state index in [9.17, 15) is 9.00 Å². The molecule has 3 heterocycles. The van der Waals surface area contributed by atoms with Crippen LogP contribution in [0.25, 0.3) is 16.9 Å². The van der Waals surface area contributed by atoms with Gasteiger partial charge < -0.3 is 5.32 Å². The number of amides is 1. The maximum absolute atomic E-state index is 12.1. The normalized spacial score (nSPS) is 18.2. The molecule has 6 nitrogen and oxygen atoms in total. The van der Waals surface area contributed by atoms with Gasteiger partial charge in [-0.25, -0.2) is 4.98 Å². The number of anilines is 1. The monoisotopic (exact) mass is 408 g/mol. The van der Waals surface area contributed by atoms with E-state index in [-0.39, 0.29) is 11.8 Å². The Balaban J connectivity index is 1.40. The van der Waals surface area contributed by atoms with Crippen LogP contribution in [0.5, 0.6) is 0 Å². The summed E-state index contributed by atoms with van der Waals surface area (Å²) < 4.78 is 13.6. The Labute approximate surface area is 172 Å². The number of aromatic nitrogens is 2. The average molecular weight is 409 g/mol. The molecular formula is C22H24N4O2S. The number of rotatable bonds is 5. The third-order valence-electron chi connectivity index (χ3n) is 5.59. The van der Waals surface area contributed by atoms with Gasteiger partial charge in [0.2, 0.25) is 5.91 Å². The molecule has 0 bridgehead atoms. The summed E-state index contributed by atoms with van der Waals surface area (Å²) in [6, 6.07) is 14.6. The molecule has 0 spiro atoms. The lowest BCUT2D eigenvalue weighted by atomic mass is 10.1. The van der Waals surface area contributed by atoms with Crippen LogP contribution in [0.1, 0.15) is 18.4 Å². The third kappa shape index (κ3) is 4.11. The van der Waals surface area contributed by atoms with E-state index in [0.29, 0.717) is 5.82 Å². The third-order valence-corrected chi connectivity index (χ3v) is 6.87. The summed E-state index contributed by atoms with van der Waals surface area (Å²) in [7, 11) is -0.652. The predicted molar refractivity (Wildman–Crippen MR) is 115 cm³/mol. The number of benzene rings is 1. The van der Waals surface area contributed by atoms with E-state index in [4.69, 9.17) is 0 Å². The maximum Gasteiger partial charge on any atom is 0.228 e. The highest BCUT2D eigenvalue weighted by Gasteiger charge is 2.30. The summed E-state index contributed by atoms with van der Waals surface area (Å²) in [5.74, 6) is 2.36. The summed E-state index contributed by atoms with van der Waals surface area (Å²) >= 11 is 0. The van der Waals surface area contributed by atoms with E-state index in [1.165, 1.54) is 5.56 Å². The summed E-state index contributed by atoms with van der Waals surface area (Å²) in [5.41, 5.74) is 4.22. The first kappa shape index (κ1) is 18.5. The van der Waals surface area contributed by atoms with E-state index < -0.39 is 10.8 Å². The molecule has 2 aliphatic rings. The van der Waals surface area contributed by atoms with Gasteiger partial charge in [-0.2, -0.15) is 0 Å². The Morgan fingerprint density at radius 1 is 1.14 bits per heavy atom. The first-order chi connectivity index (χ1) is 14.2. The second-order valence-corrected chi connectivity index (χ2v) is 9.55. The number of imidazole rings is 1. The topological polar surface area (TPSA) is 66.7 Å². The van der Waals surface area contributed by atoms with Crippen LogP contribution in [-0.2, 0) is 22.1 Å². The molecule has 1 saturated carbocycles. The van der Waals surface area contributed by atoms with Gasteiger partial charge in [-0.1, -0.05) is 24.3 Å². The highest BCUT2D eigenvalue weighted by Crippen LogP contribution is 2.30. The predicted octanol–water partition coefficient (Wildman–Crippen LogP) is 2.91. The minimum Gasteiger partial charge on any atom is -0.309 e. The molecule has 0 unspecified atom stereocenters. The van der Waals surface area contributed by atoms with E-state index in [1.807, 2.05) is 22.7 Å². The van der Waals surface area contributed by atoms with Crippen molar-refractivity contribution < 1.29 is 9.00 Å². The molecule has 1 aliphatic carbocycles. The molecule has 2 fully saturated rings. The average Bonchev–Trinajstić information content (AvgIpc) is 3.50. The standard InChI is InChI=1S/C22H24N4O2S/c27-22(17-7-8-17)24-20-15-26-19(5-2-6-21(26)23-20)18-4-1-3-16(13-18)14-25-9-11-29(28)12-10-25/h1-6,13,15,17H,7-12,14H2,(H,24,27). The minimum atomic E-state index is -0.652. The minimum absolute atomic E-state index is 0.0689. The van der Waals surface area contributed by atoms with Crippen molar-refractivity contribution in [2.75, 3.05) is 29.9 Å². The molecular weight excluding hydrogens is 384 g/mol. The van der Waals surface area contributed by atoms with Crippen LogP contribution in [-0.4, -0.2) is 49.0 Å². The lowest BCUT2D eigenvalue weighted by Gasteiger charge is -2.26. The molecule has 1 saturated heterocycles. The second-order valence-electron chi connectivity index (χ2n) is 7.85. The van der Waals surface area contributed by atoms with Crippen molar-refractivity contribution in [2.45, 2.75) is 19.4 Å². The van der Waals surface area contributed by atoms with Gasteiger partial charge in [0.25, 0.3) is 0 Å². The van der Waals surface area contributed by atoms with Crippen molar-refractivity contribution in [1.82, 2.24) is 14.3 Å². The van der Waals surface area contributed by atoms with E-state index in [1.54, 1.807) is 0 Å². The summed E-state index contributed by atoms with van der Waals surface area (Å²) in [6.45, 7) is 2.64. The van der Waals surface area contributed by atoms with Gasteiger partial charge >= 0.3 is 0 Å². The molecule has 1 aliphatic heterocycles. The van der Waals surface area contributed by atoms with Crippen LogP contribution in [0, 0.1) is 5.92 Å². The van der Waals surface area contributed by atoms with Crippen LogP contribution < -0.4 is 5.32 Å². The first-order valence-corrected chi connectivity index (χ1v) is 11.6. The van der Waals surface area contributed by atoms with Crippen LogP contribution in [0.3, 0.4) is 0 Å². The maximum atomic E-state index is 12.1. The fourth-order valence-electron chi connectivity index (χ4n) is 3.80. The lowest BCUT2D eigenvalue weighted by Crippen LogP contribution is -2.37. The summed E-state index contributed by atoms with van der Waals surface area (Å²) in [4.78, 5) is 19.0. The van der Waals surface area contributed by atoms with E-state index in [0.717, 1.165) is 60.9 Å². The zero-order valence-corrected chi connectivity index (χ0v) is 17.0. The van der Waals surface area contributed by atoms with Crippen molar-refractivity contribution in [3.63, 3.8) is 0 Å². The molecule has 1 aromatic carbocycles. The molecule has 2 aromatic heterocycles. The number of hydrogen-bond donors (Lipinski definition) is 1. The molecule has 0 radical (unpaired) electrons. The van der Waals surface area contributed by atoms with Crippen molar-refractivity contribution in [1.29, 1.82) is 0 Å². The summed E-state index contributed by atoms with van der Waals surface area (Å²) in [5, 5.41) is 2.94. The van der Waals surface area contributed by atoms with Gasteiger partial charge in [-0.15, -0.1) is 0 Å². The van der Waals surface area contributed by atoms with Crippen LogP contribution in [0.15, 0.2) is 48.7 Å². The van der Waals surface area contributed by atoms with Crippen molar-refractivity contribution in [3.05, 3.63) is 54.2 Å². The van der Waals surface area contributed by atoms with Crippen molar-refractivity contribution >= 4 is 28.2 Å². The largest absolute Gasteiger partial charge is 0.309 e. The zero-order chi connectivity index (χ0) is 19.8. The molecule has 1 amide bonds. The van der Waals surface area contributed by atoms with Crippen LogP contribution in [0.4, 0.5) is 5.82 Å². The zero-order valence-electron chi connectivity index (χ0n) is 16.2. The van der Waals surface area contributed by atoms with Gasteiger partial charge in [0.15, 0.2) is 5.82 Å². The quantitative estimate of drug-likeness (QED) is 0.705. The SMILES string of the molecule is O=C(Nc1cn2c(-c3cccc(CN4CCS(=O)CC4)c3)cccc2n1)C1CC1.